The minimum absolute atomic E-state index is 0.0351. The van der Waals surface area contributed by atoms with Crippen LogP contribution < -0.4 is 15.5 Å². The van der Waals surface area contributed by atoms with Crippen LogP contribution in [0, 0.1) is 6.92 Å². The molecule has 28 heavy (non-hydrogen) atoms. The number of benzene rings is 2. The molecule has 2 N–H and O–H groups in total. The molecule has 3 aromatic rings. The zero-order valence-electron chi connectivity index (χ0n) is 15.5. The Labute approximate surface area is 176 Å². The Balaban J connectivity index is 1.51. The van der Waals surface area contributed by atoms with Crippen molar-refractivity contribution >= 4 is 39.3 Å². The molecule has 3 rings (SSSR count). The van der Waals surface area contributed by atoms with Gasteiger partial charge in [-0.3, -0.25) is 4.79 Å². The molecular formula is C19H20BrN5O2S. The summed E-state index contributed by atoms with van der Waals surface area (Å²) in [5.74, 6) is 7.74. The maximum Gasteiger partial charge on any atom is 0.264 e. The number of rotatable bonds is 7. The number of carbonyl (C=O) groups excluding carboxylic acids is 1. The molecule has 0 aliphatic rings. The summed E-state index contributed by atoms with van der Waals surface area (Å²) < 4.78 is 8.01. The summed E-state index contributed by atoms with van der Waals surface area (Å²) in [7, 11) is 1.73. The largest absolute Gasteiger partial charge is 0.484 e. The number of ether oxygens (including phenoxy) is 1. The first kappa shape index (κ1) is 20.2. The number of nitrogen functional groups attached to an aromatic ring is 1. The lowest BCUT2D eigenvalue weighted by atomic mass is 10.2. The fourth-order valence-corrected chi connectivity index (χ4v) is 3.59. The number of likely N-dealkylation sites (N-methyl/N-ethyl adjacent to an activating group) is 1. The molecule has 0 aliphatic carbocycles. The predicted molar refractivity (Wildman–Crippen MR) is 114 cm³/mol. The SMILES string of the molecule is Cc1nnc(SCc2ccc(OCC(=O)N(C)c3cccc(Br)c3)cc2)n1N. The molecular weight excluding hydrogens is 442 g/mol. The highest BCUT2D eigenvalue weighted by Gasteiger charge is 2.12. The number of hydrogen-bond donors (Lipinski definition) is 1. The molecule has 0 saturated carbocycles. The smallest absolute Gasteiger partial charge is 0.264 e. The van der Waals surface area contributed by atoms with Crippen LogP contribution in [0.5, 0.6) is 5.75 Å². The molecule has 0 spiro atoms. The molecule has 0 atom stereocenters. The van der Waals surface area contributed by atoms with E-state index in [1.807, 2.05) is 48.5 Å². The number of nitrogens with two attached hydrogens (primary N) is 1. The van der Waals surface area contributed by atoms with Gasteiger partial charge in [0, 0.05) is 23.0 Å². The van der Waals surface area contributed by atoms with E-state index < -0.39 is 0 Å². The molecule has 9 heteroatoms. The highest BCUT2D eigenvalue weighted by atomic mass is 79.9. The van der Waals surface area contributed by atoms with Gasteiger partial charge in [-0.05, 0) is 42.8 Å². The summed E-state index contributed by atoms with van der Waals surface area (Å²) in [6.07, 6.45) is 0. The van der Waals surface area contributed by atoms with Gasteiger partial charge in [-0.2, -0.15) is 0 Å². The first-order valence-corrected chi connectivity index (χ1v) is 10.3. The molecule has 0 aliphatic heterocycles. The van der Waals surface area contributed by atoms with Crippen LogP contribution in [0.2, 0.25) is 0 Å². The summed E-state index contributed by atoms with van der Waals surface area (Å²) in [4.78, 5) is 13.9. The van der Waals surface area contributed by atoms with Gasteiger partial charge in [0.2, 0.25) is 5.16 Å². The van der Waals surface area contributed by atoms with Gasteiger partial charge in [-0.25, -0.2) is 4.68 Å². The number of nitrogens with zero attached hydrogens (tertiary/aromatic N) is 4. The average molecular weight is 462 g/mol. The molecule has 0 fully saturated rings. The van der Waals surface area contributed by atoms with E-state index in [0.29, 0.717) is 22.5 Å². The third-order valence-electron chi connectivity index (χ3n) is 4.06. The van der Waals surface area contributed by atoms with Crippen molar-refractivity contribution in [2.75, 3.05) is 24.4 Å². The summed E-state index contributed by atoms with van der Waals surface area (Å²) >= 11 is 4.91. The van der Waals surface area contributed by atoms with Gasteiger partial charge in [0.05, 0.1) is 0 Å². The summed E-state index contributed by atoms with van der Waals surface area (Å²) in [5, 5.41) is 8.62. The van der Waals surface area contributed by atoms with E-state index >= 15 is 0 Å². The van der Waals surface area contributed by atoms with Crippen molar-refractivity contribution in [3.63, 3.8) is 0 Å². The topological polar surface area (TPSA) is 86.3 Å². The second kappa shape index (κ2) is 9.11. The van der Waals surface area contributed by atoms with Crippen LogP contribution in [-0.2, 0) is 10.5 Å². The molecule has 1 amide bonds. The molecule has 0 unspecified atom stereocenters. The van der Waals surface area contributed by atoms with E-state index in [1.54, 1.807) is 18.9 Å². The Kier molecular flexibility index (Phi) is 6.58. The molecule has 7 nitrogen and oxygen atoms in total. The minimum atomic E-state index is -0.129. The second-order valence-electron chi connectivity index (χ2n) is 6.05. The van der Waals surface area contributed by atoms with E-state index in [-0.39, 0.29) is 12.5 Å². The van der Waals surface area contributed by atoms with Crippen LogP contribution in [-0.4, -0.2) is 34.4 Å². The number of hydrogen-bond acceptors (Lipinski definition) is 6. The van der Waals surface area contributed by atoms with Gasteiger partial charge >= 0.3 is 0 Å². The van der Waals surface area contributed by atoms with Crippen LogP contribution in [0.1, 0.15) is 11.4 Å². The molecule has 146 valence electrons. The lowest BCUT2D eigenvalue weighted by Gasteiger charge is -2.18. The number of aromatic nitrogens is 3. The number of amides is 1. The van der Waals surface area contributed by atoms with Crippen molar-refractivity contribution in [3.8, 4) is 5.75 Å². The summed E-state index contributed by atoms with van der Waals surface area (Å²) in [6, 6.07) is 15.2. The zero-order valence-corrected chi connectivity index (χ0v) is 17.9. The van der Waals surface area contributed by atoms with Crippen LogP contribution in [0.3, 0.4) is 0 Å². The van der Waals surface area contributed by atoms with Crippen LogP contribution >= 0.6 is 27.7 Å². The monoisotopic (exact) mass is 461 g/mol. The molecule has 2 aromatic carbocycles. The fourth-order valence-electron chi connectivity index (χ4n) is 2.35. The van der Waals surface area contributed by atoms with Gasteiger partial charge < -0.3 is 15.5 Å². The van der Waals surface area contributed by atoms with E-state index in [0.717, 1.165) is 15.7 Å². The number of carbonyl (C=O) groups is 1. The van der Waals surface area contributed by atoms with Gasteiger partial charge in [0.25, 0.3) is 5.91 Å². The van der Waals surface area contributed by atoms with Crippen LogP contribution in [0.25, 0.3) is 0 Å². The van der Waals surface area contributed by atoms with Gasteiger partial charge in [-0.15, -0.1) is 10.2 Å². The van der Waals surface area contributed by atoms with Crippen molar-refractivity contribution in [1.82, 2.24) is 14.9 Å². The van der Waals surface area contributed by atoms with Crippen molar-refractivity contribution in [2.24, 2.45) is 0 Å². The standard InChI is InChI=1S/C19H20BrN5O2S/c1-13-22-23-19(25(13)21)28-12-14-6-8-17(9-7-14)27-11-18(26)24(2)16-5-3-4-15(20)10-16/h3-10H,11-12,21H2,1-2H3. The van der Waals surface area contributed by atoms with Crippen LogP contribution in [0.15, 0.2) is 58.2 Å². The Morgan fingerprint density at radius 1 is 1.25 bits per heavy atom. The predicted octanol–water partition coefficient (Wildman–Crippen LogP) is 3.40. The Bertz CT molecular complexity index is 961. The van der Waals surface area contributed by atoms with Crippen molar-refractivity contribution in [3.05, 3.63) is 64.4 Å². The molecule has 1 aromatic heterocycles. The molecule has 0 radical (unpaired) electrons. The highest BCUT2D eigenvalue weighted by molar-refractivity contribution is 9.10. The Morgan fingerprint density at radius 3 is 2.64 bits per heavy atom. The maximum atomic E-state index is 12.3. The fraction of sp³-hybridized carbons (Fsp3) is 0.211. The minimum Gasteiger partial charge on any atom is -0.484 e. The number of anilines is 1. The lowest BCUT2D eigenvalue weighted by molar-refractivity contribution is -0.120. The van der Waals surface area contributed by atoms with E-state index in [1.165, 1.54) is 16.4 Å². The van der Waals surface area contributed by atoms with Crippen molar-refractivity contribution < 1.29 is 9.53 Å². The molecule has 0 bridgehead atoms. The third-order valence-corrected chi connectivity index (χ3v) is 5.57. The third kappa shape index (κ3) is 5.05. The van der Waals surface area contributed by atoms with Gasteiger partial charge in [0.15, 0.2) is 6.61 Å². The van der Waals surface area contributed by atoms with E-state index in [4.69, 9.17) is 10.6 Å². The normalized spacial score (nSPS) is 10.7. The summed E-state index contributed by atoms with van der Waals surface area (Å²) in [6.45, 7) is 1.77. The number of halogens is 1. The molecule has 1 heterocycles. The van der Waals surface area contributed by atoms with E-state index in [9.17, 15) is 4.79 Å². The highest BCUT2D eigenvalue weighted by Crippen LogP contribution is 2.22. The lowest BCUT2D eigenvalue weighted by Crippen LogP contribution is -2.31. The first-order valence-electron chi connectivity index (χ1n) is 8.48. The van der Waals surface area contributed by atoms with Crippen molar-refractivity contribution in [2.45, 2.75) is 17.8 Å². The molecule has 0 saturated heterocycles. The van der Waals surface area contributed by atoms with Crippen LogP contribution in [0.4, 0.5) is 5.69 Å². The Morgan fingerprint density at radius 2 is 2.00 bits per heavy atom. The Hall–Kier alpha value is -2.52. The number of thioether (sulfide) groups is 1. The maximum absolute atomic E-state index is 12.3. The van der Waals surface area contributed by atoms with Crippen molar-refractivity contribution in [1.29, 1.82) is 0 Å². The summed E-state index contributed by atoms with van der Waals surface area (Å²) in [5.41, 5.74) is 1.90. The van der Waals surface area contributed by atoms with Gasteiger partial charge in [-0.1, -0.05) is 45.9 Å². The average Bonchev–Trinajstić information content (AvgIpc) is 3.02. The second-order valence-corrected chi connectivity index (χ2v) is 7.91. The first-order chi connectivity index (χ1) is 13.4. The van der Waals surface area contributed by atoms with E-state index in [2.05, 4.69) is 26.1 Å². The van der Waals surface area contributed by atoms with Gasteiger partial charge in [0.1, 0.15) is 11.6 Å². The number of aryl methyl sites for hydroxylation is 1. The zero-order chi connectivity index (χ0) is 20.1. The quantitative estimate of drug-likeness (QED) is 0.428.